The van der Waals surface area contributed by atoms with Crippen LogP contribution in [0.3, 0.4) is 0 Å². The minimum atomic E-state index is -2.46. The molecule has 7 atom stereocenters. The molecular formula is C20H29N2O5PS2. The van der Waals surface area contributed by atoms with Crippen LogP contribution in [-0.4, -0.2) is 33.1 Å². The molecule has 4 rings (SSSR count). The summed E-state index contributed by atoms with van der Waals surface area (Å²) < 4.78 is 20.1. The summed E-state index contributed by atoms with van der Waals surface area (Å²) in [6, 6.07) is 1.33. The predicted molar refractivity (Wildman–Crippen MR) is 122 cm³/mol. The number of rotatable bonds is 5. The van der Waals surface area contributed by atoms with Crippen molar-refractivity contribution in [3.05, 3.63) is 45.3 Å². The second-order valence-electron chi connectivity index (χ2n) is 8.92. The molecular weight excluding hydrogens is 443 g/mol. The standard InChI is InChI=1S/C20H29N2O5PS2/c1-12(2)14-5-7-20(4)16(10-14)27-28(29,30-20)25-11-15-13(3)9-18(26-15)22-8-6-17(23)21-19(22)24/h6,8,13-16,18H,1,5,7,9-11H2,2-4H3,(H,21,23,24)/t13-,14+,15+,16-,18+,20-,28-/m0/s1. The van der Waals surface area contributed by atoms with Crippen LogP contribution in [0.5, 0.6) is 0 Å². The number of allylic oxidation sites excluding steroid dienone is 1. The molecule has 10 heteroatoms. The van der Waals surface area contributed by atoms with E-state index in [0.29, 0.717) is 18.9 Å². The first-order valence-corrected chi connectivity index (χ1v) is 14.4. The van der Waals surface area contributed by atoms with Crippen molar-refractivity contribution in [2.45, 2.75) is 69.6 Å². The van der Waals surface area contributed by atoms with E-state index in [0.717, 1.165) is 19.3 Å². The molecule has 0 spiro atoms. The summed E-state index contributed by atoms with van der Waals surface area (Å²) in [5.74, 6) is 0.675. The Morgan fingerprint density at radius 1 is 1.50 bits per heavy atom. The lowest BCUT2D eigenvalue weighted by molar-refractivity contribution is -0.0272. The maximum Gasteiger partial charge on any atom is 0.330 e. The van der Waals surface area contributed by atoms with E-state index in [4.69, 9.17) is 25.6 Å². The number of ether oxygens (including phenoxy) is 1. The van der Waals surface area contributed by atoms with E-state index in [9.17, 15) is 9.59 Å². The van der Waals surface area contributed by atoms with E-state index < -0.39 is 23.2 Å². The maximum absolute atomic E-state index is 12.1. The summed E-state index contributed by atoms with van der Waals surface area (Å²) in [5.41, 5.74) is -2.13. The van der Waals surface area contributed by atoms with Gasteiger partial charge in [0.2, 0.25) is 5.69 Å². The molecule has 0 bridgehead atoms. The number of nitrogens with zero attached hydrogens (tertiary/aromatic N) is 1. The third kappa shape index (κ3) is 4.43. The van der Waals surface area contributed by atoms with Gasteiger partial charge in [-0.1, -0.05) is 30.5 Å². The van der Waals surface area contributed by atoms with Crippen LogP contribution in [0, 0.1) is 11.8 Å². The highest BCUT2D eigenvalue weighted by molar-refractivity contribution is 8.68. The Hall–Kier alpha value is -0.700. The van der Waals surface area contributed by atoms with Crippen molar-refractivity contribution in [3.8, 4) is 0 Å². The van der Waals surface area contributed by atoms with Gasteiger partial charge < -0.3 is 13.8 Å². The van der Waals surface area contributed by atoms with Crippen LogP contribution in [0.4, 0.5) is 0 Å². The fourth-order valence-electron chi connectivity index (χ4n) is 4.51. The first-order chi connectivity index (χ1) is 14.1. The second kappa shape index (κ2) is 8.34. The van der Waals surface area contributed by atoms with Gasteiger partial charge in [0, 0.05) is 17.0 Å². The van der Waals surface area contributed by atoms with Crippen molar-refractivity contribution in [1.29, 1.82) is 0 Å². The quantitative estimate of drug-likeness (QED) is 0.513. The highest BCUT2D eigenvalue weighted by Crippen LogP contribution is 2.75. The molecule has 2 aliphatic heterocycles. The van der Waals surface area contributed by atoms with Crippen molar-refractivity contribution in [2.24, 2.45) is 11.8 Å². The van der Waals surface area contributed by atoms with E-state index in [1.165, 1.54) is 22.4 Å². The molecule has 0 unspecified atom stereocenters. The summed E-state index contributed by atoms with van der Waals surface area (Å²) in [5, 5.41) is 0. The summed E-state index contributed by atoms with van der Waals surface area (Å²) in [7, 11) is 0. The lowest BCUT2D eigenvalue weighted by atomic mass is 9.77. The molecule has 1 aromatic heterocycles. The van der Waals surface area contributed by atoms with Gasteiger partial charge in [-0.2, -0.15) is 0 Å². The van der Waals surface area contributed by atoms with Crippen molar-refractivity contribution < 1.29 is 13.8 Å². The van der Waals surface area contributed by atoms with Gasteiger partial charge in [-0.3, -0.25) is 14.3 Å². The zero-order chi connectivity index (χ0) is 21.7. The summed E-state index contributed by atoms with van der Waals surface area (Å²) >= 11 is 7.55. The largest absolute Gasteiger partial charge is 0.352 e. The van der Waals surface area contributed by atoms with E-state index in [-0.39, 0.29) is 22.9 Å². The average molecular weight is 473 g/mol. The Bertz CT molecular complexity index is 994. The fourth-order valence-corrected chi connectivity index (χ4v) is 11.6. The molecule has 7 nitrogen and oxygen atoms in total. The van der Waals surface area contributed by atoms with Crippen molar-refractivity contribution >= 4 is 28.9 Å². The zero-order valence-electron chi connectivity index (χ0n) is 17.5. The molecule has 3 heterocycles. The normalized spacial score (nSPS) is 41.0. The first-order valence-electron chi connectivity index (χ1n) is 10.3. The van der Waals surface area contributed by atoms with Gasteiger partial charge in [0.05, 0.1) is 18.8 Å². The minimum absolute atomic E-state index is 0.00458. The number of nitrogens with one attached hydrogen (secondary N) is 1. The molecule has 1 aromatic rings. The molecule has 166 valence electrons. The highest BCUT2D eigenvalue weighted by Gasteiger charge is 2.53. The third-order valence-electron chi connectivity index (χ3n) is 6.54. The maximum atomic E-state index is 12.1. The van der Waals surface area contributed by atoms with E-state index in [1.807, 2.05) is 0 Å². The lowest BCUT2D eigenvalue weighted by Crippen LogP contribution is -2.39. The van der Waals surface area contributed by atoms with E-state index in [2.05, 4.69) is 32.3 Å². The number of hydrogen-bond donors (Lipinski definition) is 1. The van der Waals surface area contributed by atoms with Gasteiger partial charge in [-0.25, -0.2) is 4.79 Å². The van der Waals surface area contributed by atoms with Gasteiger partial charge in [-0.15, -0.1) is 0 Å². The van der Waals surface area contributed by atoms with Crippen LogP contribution in [0.2, 0.25) is 0 Å². The number of H-pyrrole nitrogens is 1. The van der Waals surface area contributed by atoms with Gasteiger partial charge in [-0.05, 0) is 63.2 Å². The number of aromatic amines is 1. The molecule has 0 radical (unpaired) electrons. The molecule has 1 saturated carbocycles. The fraction of sp³-hybridized carbons (Fsp3) is 0.700. The van der Waals surface area contributed by atoms with Gasteiger partial charge in [0.25, 0.3) is 5.56 Å². The Morgan fingerprint density at radius 3 is 2.97 bits per heavy atom. The summed E-state index contributed by atoms with van der Waals surface area (Å²) in [6.07, 6.45) is 4.75. The van der Waals surface area contributed by atoms with Crippen molar-refractivity contribution in [1.82, 2.24) is 9.55 Å². The smallest absolute Gasteiger partial charge is 0.330 e. The summed E-state index contributed by atoms with van der Waals surface area (Å²) in [6.45, 7) is 10.9. The molecule has 30 heavy (non-hydrogen) atoms. The molecule has 1 aliphatic carbocycles. The third-order valence-corrected chi connectivity index (χ3v) is 12.4. The minimum Gasteiger partial charge on any atom is -0.352 e. The highest BCUT2D eigenvalue weighted by atomic mass is 32.9. The predicted octanol–water partition coefficient (Wildman–Crippen LogP) is 3.97. The molecule has 2 saturated heterocycles. The lowest BCUT2D eigenvalue weighted by Gasteiger charge is -2.37. The zero-order valence-corrected chi connectivity index (χ0v) is 20.1. The molecule has 0 aromatic carbocycles. The Kier molecular flexibility index (Phi) is 6.25. The van der Waals surface area contributed by atoms with Crippen LogP contribution in [-0.2, 0) is 25.6 Å². The number of aromatic nitrogens is 2. The van der Waals surface area contributed by atoms with Crippen LogP contribution >= 0.6 is 17.1 Å². The first kappa shape index (κ1) is 22.5. The molecule has 0 amide bonds. The average Bonchev–Trinajstić information content (AvgIpc) is 3.15. The molecule has 1 N–H and O–H groups in total. The summed E-state index contributed by atoms with van der Waals surface area (Å²) in [4.78, 5) is 25.6. The van der Waals surface area contributed by atoms with E-state index >= 15 is 0 Å². The number of fused-ring (bicyclic) bond motifs is 1. The van der Waals surface area contributed by atoms with Crippen LogP contribution in [0.1, 0.15) is 52.7 Å². The number of hydrogen-bond acceptors (Lipinski definition) is 7. The van der Waals surface area contributed by atoms with Crippen molar-refractivity contribution in [2.75, 3.05) is 6.61 Å². The van der Waals surface area contributed by atoms with Crippen LogP contribution < -0.4 is 11.2 Å². The van der Waals surface area contributed by atoms with Gasteiger partial charge in [0.15, 0.2) is 0 Å². The molecule has 3 fully saturated rings. The second-order valence-corrected chi connectivity index (χ2v) is 15.5. The van der Waals surface area contributed by atoms with Crippen molar-refractivity contribution in [3.63, 3.8) is 0 Å². The Balaban J connectivity index is 1.39. The van der Waals surface area contributed by atoms with Gasteiger partial charge in [0.1, 0.15) is 6.23 Å². The van der Waals surface area contributed by atoms with Crippen LogP contribution in [0.25, 0.3) is 0 Å². The Labute approximate surface area is 185 Å². The monoisotopic (exact) mass is 472 g/mol. The van der Waals surface area contributed by atoms with Crippen LogP contribution in [0.15, 0.2) is 34.0 Å². The van der Waals surface area contributed by atoms with Gasteiger partial charge >= 0.3 is 5.69 Å². The van der Waals surface area contributed by atoms with E-state index in [1.54, 1.807) is 11.4 Å². The SMILES string of the molecule is C=C(C)[C@@H]1CC[C@]2(C)S[P@@](=S)(OC[C@H]3O[C@@H](n4ccc(=O)[nH]c4=O)C[C@@H]3C)O[C@H]2C1. The topological polar surface area (TPSA) is 82.5 Å². The molecule has 3 aliphatic rings. The Morgan fingerprint density at radius 2 is 2.27 bits per heavy atom.